The van der Waals surface area contributed by atoms with Gasteiger partial charge in [-0.1, -0.05) is 11.6 Å². The number of rotatable bonds is 8. The molecule has 0 saturated carbocycles. The monoisotopic (exact) mass is 425 g/mol. The summed E-state index contributed by atoms with van der Waals surface area (Å²) < 4.78 is 31.4. The van der Waals surface area contributed by atoms with Gasteiger partial charge >= 0.3 is 0 Å². The predicted molar refractivity (Wildman–Crippen MR) is 107 cm³/mol. The molecule has 10 heteroatoms. The first kappa shape index (κ1) is 21.8. The Kier molecular flexibility index (Phi) is 7.53. The summed E-state index contributed by atoms with van der Waals surface area (Å²) in [6.45, 7) is 1.77. The highest BCUT2D eigenvalue weighted by Crippen LogP contribution is 2.26. The molecule has 0 saturated heterocycles. The maximum Gasteiger partial charge on any atom is 0.255 e. The van der Waals surface area contributed by atoms with Crippen molar-refractivity contribution in [3.05, 3.63) is 53.1 Å². The lowest BCUT2D eigenvalue weighted by molar-refractivity contribution is -0.114. The zero-order chi connectivity index (χ0) is 20.7. The Morgan fingerprint density at radius 3 is 2.32 bits per heavy atom. The third kappa shape index (κ3) is 6.03. The first-order valence-electron chi connectivity index (χ1n) is 8.20. The fourth-order valence-corrected chi connectivity index (χ4v) is 3.47. The van der Waals surface area contributed by atoms with Gasteiger partial charge in [0.1, 0.15) is 0 Å². The molecule has 0 aliphatic heterocycles. The van der Waals surface area contributed by atoms with Crippen LogP contribution in [-0.4, -0.2) is 40.5 Å². The third-order valence-corrected chi connectivity index (χ3v) is 5.35. The number of anilines is 2. The van der Waals surface area contributed by atoms with Crippen molar-refractivity contribution < 1.29 is 22.7 Å². The van der Waals surface area contributed by atoms with E-state index in [1.54, 1.807) is 12.1 Å². The van der Waals surface area contributed by atoms with Gasteiger partial charge in [0.25, 0.3) is 5.91 Å². The number of benzene rings is 2. The first-order chi connectivity index (χ1) is 13.2. The van der Waals surface area contributed by atoms with E-state index >= 15 is 0 Å². The quantitative estimate of drug-likeness (QED) is 0.562. The van der Waals surface area contributed by atoms with Crippen molar-refractivity contribution in [2.75, 3.05) is 30.9 Å². The number of hydrogen-bond donors (Lipinski definition) is 3. The van der Waals surface area contributed by atoms with Crippen LogP contribution in [0.15, 0.2) is 47.4 Å². The van der Waals surface area contributed by atoms with Crippen molar-refractivity contribution >= 4 is 44.8 Å². The van der Waals surface area contributed by atoms with E-state index in [1.807, 2.05) is 0 Å². The number of hydrogen-bond acceptors (Lipinski definition) is 5. The lowest BCUT2D eigenvalue weighted by Gasteiger charge is -2.10. The van der Waals surface area contributed by atoms with E-state index in [1.165, 1.54) is 44.4 Å². The molecular formula is C18H20ClN3O5S. The SMILES string of the molecule is COCCNS(=O)(=O)c1ccc(C(=O)Nc2ccc(NC(C)=O)c(Cl)c2)cc1. The highest BCUT2D eigenvalue weighted by molar-refractivity contribution is 7.89. The van der Waals surface area contributed by atoms with Gasteiger partial charge in [0.15, 0.2) is 0 Å². The second-order valence-corrected chi connectivity index (χ2v) is 7.92. The summed E-state index contributed by atoms with van der Waals surface area (Å²) in [5, 5.41) is 5.51. The number of carbonyl (C=O) groups is 2. The maximum absolute atomic E-state index is 12.4. The molecule has 0 aliphatic carbocycles. The van der Waals surface area contributed by atoms with Crippen molar-refractivity contribution in [1.29, 1.82) is 0 Å². The van der Waals surface area contributed by atoms with Crippen LogP contribution in [0.25, 0.3) is 0 Å². The predicted octanol–water partition coefficient (Wildman–Crippen LogP) is 2.48. The van der Waals surface area contributed by atoms with E-state index in [-0.39, 0.29) is 34.5 Å². The van der Waals surface area contributed by atoms with Crippen LogP contribution in [0.2, 0.25) is 5.02 Å². The number of methoxy groups -OCH3 is 1. The molecule has 28 heavy (non-hydrogen) atoms. The Morgan fingerprint density at radius 2 is 1.75 bits per heavy atom. The first-order valence-corrected chi connectivity index (χ1v) is 10.1. The van der Waals surface area contributed by atoms with Crippen LogP contribution in [-0.2, 0) is 19.6 Å². The largest absolute Gasteiger partial charge is 0.383 e. The van der Waals surface area contributed by atoms with E-state index < -0.39 is 15.9 Å². The van der Waals surface area contributed by atoms with Gasteiger partial charge in [-0.15, -0.1) is 0 Å². The highest BCUT2D eigenvalue weighted by Gasteiger charge is 2.15. The molecular weight excluding hydrogens is 406 g/mol. The molecule has 0 unspecified atom stereocenters. The molecule has 150 valence electrons. The zero-order valence-corrected chi connectivity index (χ0v) is 16.9. The normalized spacial score (nSPS) is 11.1. The molecule has 0 radical (unpaired) electrons. The third-order valence-electron chi connectivity index (χ3n) is 3.56. The van der Waals surface area contributed by atoms with E-state index in [2.05, 4.69) is 15.4 Å². The summed E-state index contributed by atoms with van der Waals surface area (Å²) >= 11 is 6.08. The van der Waals surface area contributed by atoms with Gasteiger partial charge in [-0.3, -0.25) is 9.59 Å². The van der Waals surface area contributed by atoms with Gasteiger partial charge in [0, 0.05) is 31.8 Å². The lowest BCUT2D eigenvalue weighted by atomic mass is 10.2. The second-order valence-electron chi connectivity index (χ2n) is 5.74. The van der Waals surface area contributed by atoms with Gasteiger partial charge in [-0.25, -0.2) is 13.1 Å². The van der Waals surface area contributed by atoms with Gasteiger partial charge < -0.3 is 15.4 Å². The van der Waals surface area contributed by atoms with Crippen LogP contribution < -0.4 is 15.4 Å². The van der Waals surface area contributed by atoms with Crippen LogP contribution in [0.5, 0.6) is 0 Å². The lowest BCUT2D eigenvalue weighted by Crippen LogP contribution is -2.27. The van der Waals surface area contributed by atoms with E-state index in [9.17, 15) is 18.0 Å². The number of carbonyl (C=O) groups excluding carboxylic acids is 2. The average Bonchev–Trinajstić information content (AvgIpc) is 2.64. The Morgan fingerprint density at radius 1 is 1.07 bits per heavy atom. The molecule has 3 N–H and O–H groups in total. The van der Waals surface area contributed by atoms with Crippen molar-refractivity contribution in [3.63, 3.8) is 0 Å². The van der Waals surface area contributed by atoms with Crippen molar-refractivity contribution in [2.45, 2.75) is 11.8 Å². The molecule has 0 heterocycles. The summed E-state index contributed by atoms with van der Waals surface area (Å²) in [5.41, 5.74) is 1.14. The van der Waals surface area contributed by atoms with Crippen molar-refractivity contribution in [3.8, 4) is 0 Å². The number of nitrogens with one attached hydrogen (secondary N) is 3. The molecule has 0 aliphatic rings. The van der Waals surface area contributed by atoms with Gasteiger partial charge in [-0.05, 0) is 42.5 Å². The fraction of sp³-hybridized carbons (Fsp3) is 0.222. The van der Waals surface area contributed by atoms with Crippen LogP contribution in [0, 0.1) is 0 Å². The molecule has 0 aromatic heterocycles. The smallest absolute Gasteiger partial charge is 0.255 e. The molecule has 8 nitrogen and oxygen atoms in total. The van der Waals surface area contributed by atoms with Crippen LogP contribution in [0.4, 0.5) is 11.4 Å². The number of ether oxygens (including phenoxy) is 1. The number of sulfonamides is 1. The summed E-state index contributed by atoms with van der Waals surface area (Å²) in [4.78, 5) is 23.5. The Bertz CT molecular complexity index is 962. The molecule has 2 aromatic rings. The van der Waals surface area contributed by atoms with Crippen molar-refractivity contribution in [1.82, 2.24) is 4.72 Å². The standard InChI is InChI=1S/C18H20ClN3O5S/c1-12(23)21-17-8-5-14(11-16(17)19)22-18(24)13-3-6-15(7-4-13)28(25,26)20-9-10-27-2/h3-8,11,20H,9-10H2,1-2H3,(H,21,23)(H,22,24). The summed E-state index contributed by atoms with van der Waals surface area (Å²) in [6.07, 6.45) is 0. The Labute approximate surface area is 168 Å². The zero-order valence-electron chi connectivity index (χ0n) is 15.3. The Hall–Kier alpha value is -2.46. The summed E-state index contributed by atoms with van der Waals surface area (Å²) in [6, 6.07) is 10.2. The molecule has 2 rings (SSSR count). The van der Waals surface area contributed by atoms with E-state index in [4.69, 9.17) is 16.3 Å². The Balaban J connectivity index is 2.07. The minimum absolute atomic E-state index is 0.0443. The molecule has 2 amide bonds. The van der Waals surface area contributed by atoms with Gasteiger partial charge in [0.05, 0.1) is 22.2 Å². The van der Waals surface area contributed by atoms with Crippen molar-refractivity contribution in [2.24, 2.45) is 0 Å². The highest BCUT2D eigenvalue weighted by atomic mass is 35.5. The molecule has 2 aromatic carbocycles. The topological polar surface area (TPSA) is 114 Å². The van der Waals surface area contributed by atoms with E-state index in [0.717, 1.165) is 0 Å². The maximum atomic E-state index is 12.4. The minimum Gasteiger partial charge on any atom is -0.383 e. The minimum atomic E-state index is -3.67. The fourth-order valence-electron chi connectivity index (χ4n) is 2.23. The van der Waals surface area contributed by atoms with Crippen LogP contribution in [0.1, 0.15) is 17.3 Å². The summed E-state index contributed by atoms with van der Waals surface area (Å²) in [5.74, 6) is -0.690. The molecule has 0 atom stereocenters. The number of halogens is 1. The summed E-state index contributed by atoms with van der Waals surface area (Å²) in [7, 11) is -2.19. The average molecular weight is 426 g/mol. The molecule has 0 fully saturated rings. The van der Waals surface area contributed by atoms with Crippen LogP contribution >= 0.6 is 11.6 Å². The molecule has 0 bridgehead atoms. The van der Waals surface area contributed by atoms with Gasteiger partial charge in [0.2, 0.25) is 15.9 Å². The second kappa shape index (κ2) is 9.65. The van der Waals surface area contributed by atoms with Gasteiger partial charge in [-0.2, -0.15) is 0 Å². The van der Waals surface area contributed by atoms with E-state index in [0.29, 0.717) is 11.4 Å². The van der Waals surface area contributed by atoms with Crippen LogP contribution in [0.3, 0.4) is 0 Å². The molecule has 0 spiro atoms. The number of amides is 2.